The molecule has 0 aliphatic rings. The molecule has 0 saturated carbocycles. The van der Waals surface area contributed by atoms with Crippen LogP contribution in [-0.4, -0.2) is 15.0 Å². The van der Waals surface area contributed by atoms with E-state index in [0.29, 0.717) is 28.6 Å². The highest BCUT2D eigenvalue weighted by Gasteiger charge is 2.20. The van der Waals surface area contributed by atoms with Gasteiger partial charge in [-0.2, -0.15) is 0 Å². The lowest BCUT2D eigenvalue weighted by Crippen LogP contribution is -2.29. The van der Waals surface area contributed by atoms with Crippen LogP contribution in [0, 0.1) is 19.8 Å². The molecule has 5 heteroatoms. The fraction of sp³-hybridized carbons (Fsp3) is 0.538. The Hall–Kier alpha value is -1.07. The molecule has 0 aromatic heterocycles. The lowest BCUT2D eigenvalue weighted by molar-refractivity contribution is 0.528. The van der Waals surface area contributed by atoms with Crippen molar-refractivity contribution in [2.75, 3.05) is 12.3 Å². The number of benzene rings is 1. The van der Waals surface area contributed by atoms with Gasteiger partial charge in [0, 0.05) is 12.2 Å². The summed E-state index contributed by atoms with van der Waals surface area (Å²) in [5.74, 6) is 0.321. The molecule has 0 amide bonds. The van der Waals surface area contributed by atoms with Crippen LogP contribution in [0.15, 0.2) is 17.0 Å². The average Bonchev–Trinajstić information content (AvgIpc) is 2.31. The van der Waals surface area contributed by atoms with Crippen molar-refractivity contribution in [1.29, 1.82) is 0 Å². The predicted molar refractivity (Wildman–Crippen MR) is 75.0 cm³/mol. The molecular formula is C13H22N2O2S. The van der Waals surface area contributed by atoms with Gasteiger partial charge in [0.1, 0.15) is 0 Å². The Kier molecular flexibility index (Phi) is 4.76. The highest BCUT2D eigenvalue weighted by molar-refractivity contribution is 7.89. The normalized spacial score (nSPS) is 13.6. The van der Waals surface area contributed by atoms with Crippen LogP contribution < -0.4 is 10.5 Å². The van der Waals surface area contributed by atoms with E-state index in [9.17, 15) is 8.42 Å². The van der Waals surface area contributed by atoms with Crippen LogP contribution >= 0.6 is 0 Å². The zero-order valence-corrected chi connectivity index (χ0v) is 12.3. The molecule has 1 atom stereocenters. The topological polar surface area (TPSA) is 72.2 Å². The Labute approximate surface area is 110 Å². The van der Waals surface area contributed by atoms with Crippen molar-refractivity contribution >= 4 is 15.7 Å². The van der Waals surface area contributed by atoms with Crippen molar-refractivity contribution in [3.8, 4) is 0 Å². The van der Waals surface area contributed by atoms with Crippen molar-refractivity contribution in [3.05, 3.63) is 23.3 Å². The number of hydrogen-bond acceptors (Lipinski definition) is 3. The van der Waals surface area contributed by atoms with Gasteiger partial charge in [-0.25, -0.2) is 13.1 Å². The first-order chi connectivity index (χ1) is 8.29. The summed E-state index contributed by atoms with van der Waals surface area (Å²) in [7, 11) is -3.48. The van der Waals surface area contributed by atoms with E-state index < -0.39 is 10.0 Å². The number of sulfonamides is 1. The molecule has 0 aliphatic heterocycles. The Morgan fingerprint density at radius 3 is 2.50 bits per heavy atom. The minimum atomic E-state index is -3.48. The van der Waals surface area contributed by atoms with Crippen molar-refractivity contribution in [3.63, 3.8) is 0 Å². The maximum Gasteiger partial charge on any atom is 0.241 e. The van der Waals surface area contributed by atoms with Crippen LogP contribution in [0.3, 0.4) is 0 Å². The third kappa shape index (κ3) is 3.23. The first kappa shape index (κ1) is 15.0. The molecule has 4 nitrogen and oxygen atoms in total. The van der Waals surface area contributed by atoms with E-state index in [-0.39, 0.29) is 0 Å². The van der Waals surface area contributed by atoms with Gasteiger partial charge < -0.3 is 5.73 Å². The van der Waals surface area contributed by atoms with Crippen molar-refractivity contribution < 1.29 is 8.42 Å². The molecule has 0 spiro atoms. The van der Waals surface area contributed by atoms with Crippen LogP contribution in [0.25, 0.3) is 0 Å². The maximum absolute atomic E-state index is 12.3. The molecule has 102 valence electrons. The summed E-state index contributed by atoms with van der Waals surface area (Å²) in [5.41, 5.74) is 7.62. The molecule has 0 saturated heterocycles. The molecule has 18 heavy (non-hydrogen) atoms. The predicted octanol–water partition coefficient (Wildman–Crippen LogP) is 2.21. The lowest BCUT2D eigenvalue weighted by Gasteiger charge is -2.15. The third-order valence-corrected chi connectivity index (χ3v) is 4.94. The lowest BCUT2D eigenvalue weighted by atomic mass is 10.1. The molecule has 0 bridgehead atoms. The van der Waals surface area contributed by atoms with Crippen molar-refractivity contribution in [1.82, 2.24) is 4.72 Å². The van der Waals surface area contributed by atoms with E-state index in [2.05, 4.69) is 4.72 Å². The molecule has 0 aliphatic carbocycles. The van der Waals surface area contributed by atoms with Crippen LogP contribution in [0.5, 0.6) is 0 Å². The van der Waals surface area contributed by atoms with Gasteiger partial charge in [0.15, 0.2) is 0 Å². The van der Waals surface area contributed by atoms with E-state index in [1.54, 1.807) is 26.0 Å². The second-order valence-electron chi connectivity index (χ2n) is 4.79. The van der Waals surface area contributed by atoms with Gasteiger partial charge >= 0.3 is 0 Å². The summed E-state index contributed by atoms with van der Waals surface area (Å²) in [6.07, 6.45) is 0.942. The number of nitrogen functional groups attached to an aromatic ring is 1. The number of aryl methyl sites for hydroxylation is 1. The molecule has 0 heterocycles. The van der Waals surface area contributed by atoms with E-state index in [0.717, 1.165) is 12.0 Å². The van der Waals surface area contributed by atoms with Crippen LogP contribution in [0.2, 0.25) is 0 Å². The second kappa shape index (κ2) is 5.71. The highest BCUT2D eigenvalue weighted by Crippen LogP contribution is 2.24. The van der Waals surface area contributed by atoms with Crippen LogP contribution in [0.4, 0.5) is 5.69 Å². The SMILES string of the molecule is CCC(C)CNS(=O)(=O)c1c(C)ccc(N)c1C. The number of anilines is 1. The van der Waals surface area contributed by atoms with E-state index in [1.165, 1.54) is 0 Å². The summed E-state index contributed by atoms with van der Waals surface area (Å²) >= 11 is 0. The standard InChI is InChI=1S/C13H22N2O2S/c1-5-9(2)8-15-18(16,17)13-10(3)6-7-12(14)11(13)4/h6-7,9,15H,5,8,14H2,1-4H3. The minimum absolute atomic E-state index is 0.311. The van der Waals surface area contributed by atoms with Gasteiger partial charge in [0.25, 0.3) is 0 Å². The first-order valence-corrected chi connectivity index (χ1v) is 7.63. The van der Waals surface area contributed by atoms with Gasteiger partial charge in [0.2, 0.25) is 10.0 Å². The van der Waals surface area contributed by atoms with Crippen LogP contribution in [-0.2, 0) is 10.0 Å². The summed E-state index contributed by atoms with van der Waals surface area (Å²) < 4.78 is 27.2. The largest absolute Gasteiger partial charge is 0.398 e. The van der Waals surface area contributed by atoms with E-state index in [1.807, 2.05) is 13.8 Å². The maximum atomic E-state index is 12.3. The fourth-order valence-electron chi connectivity index (χ4n) is 1.72. The number of nitrogens with two attached hydrogens (primary N) is 1. The highest BCUT2D eigenvalue weighted by atomic mass is 32.2. The summed E-state index contributed by atoms with van der Waals surface area (Å²) in [6.45, 7) is 8.02. The molecule has 1 rings (SSSR count). The quantitative estimate of drug-likeness (QED) is 0.806. The Morgan fingerprint density at radius 1 is 1.33 bits per heavy atom. The minimum Gasteiger partial charge on any atom is -0.398 e. The Morgan fingerprint density at radius 2 is 1.94 bits per heavy atom. The smallest absolute Gasteiger partial charge is 0.241 e. The van der Waals surface area contributed by atoms with E-state index >= 15 is 0 Å². The van der Waals surface area contributed by atoms with Gasteiger partial charge in [-0.15, -0.1) is 0 Å². The summed E-state index contributed by atoms with van der Waals surface area (Å²) in [5, 5.41) is 0. The zero-order valence-electron chi connectivity index (χ0n) is 11.4. The van der Waals surface area contributed by atoms with Crippen molar-refractivity contribution in [2.24, 2.45) is 5.92 Å². The molecule has 0 radical (unpaired) electrons. The number of hydrogen-bond donors (Lipinski definition) is 2. The first-order valence-electron chi connectivity index (χ1n) is 6.15. The average molecular weight is 270 g/mol. The zero-order chi connectivity index (χ0) is 13.9. The second-order valence-corrected chi connectivity index (χ2v) is 6.49. The number of nitrogens with one attached hydrogen (secondary N) is 1. The van der Waals surface area contributed by atoms with E-state index in [4.69, 9.17) is 5.73 Å². The molecule has 1 aromatic carbocycles. The van der Waals surface area contributed by atoms with Crippen LogP contribution in [0.1, 0.15) is 31.4 Å². The van der Waals surface area contributed by atoms with Gasteiger partial charge in [0.05, 0.1) is 4.90 Å². The summed E-state index contributed by atoms with van der Waals surface area (Å²) in [4.78, 5) is 0.311. The number of rotatable bonds is 5. The Balaban J connectivity index is 3.09. The van der Waals surface area contributed by atoms with Gasteiger partial charge in [-0.1, -0.05) is 26.3 Å². The monoisotopic (exact) mass is 270 g/mol. The van der Waals surface area contributed by atoms with Gasteiger partial charge in [-0.05, 0) is 37.0 Å². The van der Waals surface area contributed by atoms with Crippen molar-refractivity contribution in [2.45, 2.75) is 39.0 Å². The molecule has 1 aromatic rings. The Bertz CT molecular complexity index is 524. The molecule has 3 N–H and O–H groups in total. The summed E-state index contributed by atoms with van der Waals surface area (Å²) in [6, 6.07) is 3.47. The van der Waals surface area contributed by atoms with Gasteiger partial charge in [-0.3, -0.25) is 0 Å². The molecular weight excluding hydrogens is 248 g/mol. The molecule has 1 unspecified atom stereocenters. The molecule has 0 fully saturated rings. The third-order valence-electron chi connectivity index (χ3n) is 3.23. The fourth-order valence-corrected chi connectivity index (χ4v) is 3.39.